The number of fused-ring (bicyclic) bond motifs is 2. The Balaban J connectivity index is 1.15. The molecular formula is C56H44N2. The molecule has 2 heteroatoms. The summed E-state index contributed by atoms with van der Waals surface area (Å²) < 4.78 is 0. The molecule has 0 unspecified atom stereocenters. The lowest BCUT2D eigenvalue weighted by Gasteiger charge is -2.29. The molecule has 0 saturated carbocycles. The molecule has 0 spiro atoms. The molecule has 0 aliphatic heterocycles. The number of hydrogen-bond donors (Lipinski definition) is 0. The molecule has 0 aromatic heterocycles. The summed E-state index contributed by atoms with van der Waals surface area (Å²) in [6, 6.07) is 67.2. The first-order valence-corrected chi connectivity index (χ1v) is 20.2. The summed E-state index contributed by atoms with van der Waals surface area (Å²) in [5, 5.41) is 10.1. The maximum Gasteiger partial charge on any atom is 0.0540 e. The summed E-state index contributed by atoms with van der Waals surface area (Å²) >= 11 is 0. The van der Waals surface area contributed by atoms with Gasteiger partial charge in [-0.25, -0.2) is 0 Å². The van der Waals surface area contributed by atoms with E-state index in [2.05, 4.69) is 232 Å². The van der Waals surface area contributed by atoms with Crippen molar-refractivity contribution in [3.8, 4) is 0 Å². The second kappa shape index (κ2) is 14.4. The Bertz CT molecular complexity index is 3040. The van der Waals surface area contributed by atoms with Gasteiger partial charge < -0.3 is 9.80 Å². The predicted octanol–water partition coefficient (Wildman–Crippen LogP) is 16.1. The van der Waals surface area contributed by atoms with E-state index < -0.39 is 0 Å². The Kier molecular flexibility index (Phi) is 8.76. The molecule has 0 atom stereocenters. The van der Waals surface area contributed by atoms with Gasteiger partial charge in [0.15, 0.2) is 0 Å². The quantitative estimate of drug-likeness (QED) is 0.0868. The van der Waals surface area contributed by atoms with E-state index in [1.807, 2.05) is 0 Å². The molecule has 0 amide bonds. The van der Waals surface area contributed by atoms with Crippen molar-refractivity contribution in [1.29, 1.82) is 0 Å². The van der Waals surface area contributed by atoms with Crippen LogP contribution in [0.2, 0.25) is 0 Å². The topological polar surface area (TPSA) is 6.48 Å². The molecule has 10 aromatic carbocycles. The molecule has 0 saturated heterocycles. The van der Waals surface area contributed by atoms with E-state index in [9.17, 15) is 0 Å². The van der Waals surface area contributed by atoms with Gasteiger partial charge in [0.25, 0.3) is 0 Å². The molecule has 58 heavy (non-hydrogen) atoms. The summed E-state index contributed by atoms with van der Waals surface area (Å²) in [6.07, 6.45) is 4.37. The van der Waals surface area contributed by atoms with E-state index in [1.165, 1.54) is 76.6 Å². The number of aryl methyl sites for hydroxylation is 4. The standard InChI is InChI=1S/C56H44N2/c1-37-11-19-41(20-12-37)21-22-42-23-31-46(32-24-42)58(45-29-17-40(4)18-30-45)54-36-34-50-49-33-35-53(51-9-5-7-47(55(49)51)48-8-6-10-52(54)56(48)50)57(43-25-13-38(2)14-26-43)44-27-15-39(3)16-28-44/h5-36H,1-4H3. The van der Waals surface area contributed by atoms with Crippen LogP contribution in [0.5, 0.6) is 0 Å². The van der Waals surface area contributed by atoms with E-state index in [1.54, 1.807) is 0 Å². The molecule has 0 fully saturated rings. The molecule has 0 aliphatic rings. The predicted molar refractivity (Wildman–Crippen MR) is 251 cm³/mol. The highest BCUT2D eigenvalue weighted by molar-refractivity contribution is 6.35. The van der Waals surface area contributed by atoms with Crippen molar-refractivity contribution in [1.82, 2.24) is 0 Å². The van der Waals surface area contributed by atoms with E-state index in [-0.39, 0.29) is 0 Å². The number of benzene rings is 10. The van der Waals surface area contributed by atoms with E-state index in [0.717, 1.165) is 34.0 Å². The lowest BCUT2D eigenvalue weighted by molar-refractivity contribution is 1.28. The highest BCUT2D eigenvalue weighted by atomic mass is 15.1. The first-order chi connectivity index (χ1) is 28.4. The fourth-order valence-corrected chi connectivity index (χ4v) is 8.61. The lowest BCUT2D eigenvalue weighted by atomic mass is 9.88. The highest BCUT2D eigenvalue weighted by Crippen LogP contribution is 2.49. The molecule has 0 N–H and O–H groups in total. The van der Waals surface area contributed by atoms with Crippen LogP contribution in [0, 0.1) is 27.7 Å². The third-order valence-corrected chi connectivity index (χ3v) is 11.7. The molecule has 0 heterocycles. The van der Waals surface area contributed by atoms with Gasteiger partial charge >= 0.3 is 0 Å². The van der Waals surface area contributed by atoms with Crippen molar-refractivity contribution in [2.75, 3.05) is 9.80 Å². The van der Waals surface area contributed by atoms with Gasteiger partial charge in [0.05, 0.1) is 11.4 Å². The van der Waals surface area contributed by atoms with Gasteiger partial charge in [-0.05, 0) is 132 Å². The normalized spacial score (nSPS) is 11.7. The Morgan fingerprint density at radius 3 is 0.914 bits per heavy atom. The third kappa shape index (κ3) is 6.24. The molecule has 2 nitrogen and oxygen atoms in total. The average molecular weight is 745 g/mol. The van der Waals surface area contributed by atoms with Crippen molar-refractivity contribution in [3.05, 3.63) is 215 Å². The number of hydrogen-bond acceptors (Lipinski definition) is 2. The number of rotatable bonds is 8. The summed E-state index contributed by atoms with van der Waals surface area (Å²) in [6.45, 7) is 8.57. The molecule has 10 rings (SSSR count). The lowest BCUT2D eigenvalue weighted by Crippen LogP contribution is -2.11. The van der Waals surface area contributed by atoms with Crippen LogP contribution in [0.1, 0.15) is 33.4 Å². The van der Waals surface area contributed by atoms with Crippen LogP contribution in [0.25, 0.3) is 55.2 Å². The smallest absolute Gasteiger partial charge is 0.0540 e. The average Bonchev–Trinajstić information content (AvgIpc) is 3.26. The van der Waals surface area contributed by atoms with Gasteiger partial charge in [0.1, 0.15) is 0 Å². The first-order valence-electron chi connectivity index (χ1n) is 20.2. The molecular weight excluding hydrogens is 701 g/mol. The van der Waals surface area contributed by atoms with Crippen molar-refractivity contribution in [3.63, 3.8) is 0 Å². The van der Waals surface area contributed by atoms with Gasteiger partial charge in [-0.15, -0.1) is 0 Å². The van der Waals surface area contributed by atoms with E-state index in [0.29, 0.717) is 0 Å². The maximum absolute atomic E-state index is 2.41. The van der Waals surface area contributed by atoms with Crippen LogP contribution in [-0.4, -0.2) is 0 Å². The first kappa shape index (κ1) is 35.3. The van der Waals surface area contributed by atoms with Crippen LogP contribution in [-0.2, 0) is 0 Å². The zero-order valence-electron chi connectivity index (χ0n) is 33.4. The van der Waals surface area contributed by atoms with Gasteiger partial charge in [0, 0.05) is 33.5 Å². The monoisotopic (exact) mass is 744 g/mol. The summed E-state index contributed by atoms with van der Waals surface area (Å²) in [5.74, 6) is 0. The van der Waals surface area contributed by atoms with Crippen molar-refractivity contribution < 1.29 is 0 Å². The van der Waals surface area contributed by atoms with Crippen LogP contribution in [0.15, 0.2) is 182 Å². The Morgan fingerprint density at radius 1 is 0.276 bits per heavy atom. The van der Waals surface area contributed by atoms with Crippen molar-refractivity contribution in [2.45, 2.75) is 27.7 Å². The largest absolute Gasteiger partial charge is 0.310 e. The van der Waals surface area contributed by atoms with Gasteiger partial charge in [-0.1, -0.05) is 156 Å². The van der Waals surface area contributed by atoms with E-state index in [4.69, 9.17) is 0 Å². The number of anilines is 6. The minimum Gasteiger partial charge on any atom is -0.310 e. The molecule has 0 radical (unpaired) electrons. The van der Waals surface area contributed by atoms with Crippen LogP contribution in [0.4, 0.5) is 34.1 Å². The maximum atomic E-state index is 2.41. The second-order valence-electron chi connectivity index (χ2n) is 15.7. The summed E-state index contributed by atoms with van der Waals surface area (Å²) in [5.41, 5.74) is 14.2. The Labute approximate surface area is 340 Å². The minimum absolute atomic E-state index is 1.12. The minimum atomic E-state index is 1.12. The molecule has 10 aromatic rings. The fraction of sp³-hybridized carbons (Fsp3) is 0.0714. The zero-order chi connectivity index (χ0) is 39.3. The highest BCUT2D eigenvalue weighted by Gasteiger charge is 2.22. The molecule has 278 valence electrons. The fourth-order valence-electron chi connectivity index (χ4n) is 8.61. The van der Waals surface area contributed by atoms with Crippen LogP contribution >= 0.6 is 0 Å². The van der Waals surface area contributed by atoms with Crippen LogP contribution < -0.4 is 9.80 Å². The van der Waals surface area contributed by atoms with Gasteiger partial charge in [-0.3, -0.25) is 0 Å². The van der Waals surface area contributed by atoms with E-state index >= 15 is 0 Å². The van der Waals surface area contributed by atoms with Crippen molar-refractivity contribution >= 4 is 89.4 Å². The van der Waals surface area contributed by atoms with Crippen molar-refractivity contribution in [2.24, 2.45) is 0 Å². The Hall–Kier alpha value is -7.16. The second-order valence-corrected chi connectivity index (χ2v) is 15.7. The zero-order valence-corrected chi connectivity index (χ0v) is 33.4. The SMILES string of the molecule is Cc1ccc(C=Cc2ccc(N(c3ccc(C)cc3)c3ccc4c5ccc(N(c6ccc(C)cc6)c6ccc(C)cc6)c6cccc(c7cccc3c74)c65)cc2)cc1. The summed E-state index contributed by atoms with van der Waals surface area (Å²) in [4.78, 5) is 4.82. The Morgan fingerprint density at radius 2 is 0.552 bits per heavy atom. The molecule has 0 bridgehead atoms. The van der Waals surface area contributed by atoms with Gasteiger partial charge in [-0.2, -0.15) is 0 Å². The third-order valence-electron chi connectivity index (χ3n) is 11.7. The number of nitrogens with zero attached hydrogens (tertiary/aromatic N) is 2. The van der Waals surface area contributed by atoms with Crippen LogP contribution in [0.3, 0.4) is 0 Å². The van der Waals surface area contributed by atoms with Gasteiger partial charge in [0.2, 0.25) is 0 Å². The summed E-state index contributed by atoms with van der Waals surface area (Å²) in [7, 11) is 0. The molecule has 0 aliphatic carbocycles.